The molecule has 1 aromatic heterocycles. The summed E-state index contributed by atoms with van der Waals surface area (Å²) in [7, 11) is 0. The first-order valence-corrected chi connectivity index (χ1v) is 7.20. The second kappa shape index (κ2) is 6.45. The second-order valence-corrected chi connectivity index (χ2v) is 5.35. The predicted molar refractivity (Wildman–Crippen MR) is 78.7 cm³/mol. The summed E-state index contributed by atoms with van der Waals surface area (Å²) in [5.74, 6) is 0. The normalized spacial score (nSPS) is 10.5. The average Bonchev–Trinajstić information content (AvgIpc) is 2.88. The summed E-state index contributed by atoms with van der Waals surface area (Å²) in [5.41, 5.74) is 2.27. The molecule has 0 aliphatic heterocycles. The number of rotatable bonds is 6. The molecule has 0 unspecified atom stereocenters. The highest BCUT2D eigenvalue weighted by molar-refractivity contribution is 7.14. The minimum absolute atomic E-state index is 1.01. The van der Waals surface area contributed by atoms with Crippen LogP contribution in [0.3, 0.4) is 0 Å². The van der Waals surface area contributed by atoms with Gasteiger partial charge in [0.15, 0.2) is 0 Å². The summed E-state index contributed by atoms with van der Waals surface area (Å²) in [4.78, 5) is 0. The SMILES string of the molecule is C=Cc1ccc(-c2nnc(CCCCC)s2)cc1. The van der Waals surface area contributed by atoms with E-state index < -0.39 is 0 Å². The van der Waals surface area contributed by atoms with Gasteiger partial charge in [-0.2, -0.15) is 0 Å². The van der Waals surface area contributed by atoms with Gasteiger partial charge >= 0.3 is 0 Å². The lowest BCUT2D eigenvalue weighted by Gasteiger charge is -1.96. The minimum Gasteiger partial charge on any atom is -0.143 e. The maximum atomic E-state index is 4.26. The summed E-state index contributed by atoms with van der Waals surface area (Å²) < 4.78 is 0. The van der Waals surface area contributed by atoms with E-state index in [-0.39, 0.29) is 0 Å². The van der Waals surface area contributed by atoms with Crippen LogP contribution in [0.4, 0.5) is 0 Å². The van der Waals surface area contributed by atoms with Crippen LogP contribution >= 0.6 is 11.3 Å². The Balaban J connectivity index is 2.06. The molecule has 0 spiro atoms. The van der Waals surface area contributed by atoms with E-state index in [1.54, 1.807) is 11.3 Å². The van der Waals surface area contributed by atoms with Gasteiger partial charge in [-0.05, 0) is 12.0 Å². The van der Waals surface area contributed by atoms with Gasteiger partial charge in [0, 0.05) is 12.0 Å². The van der Waals surface area contributed by atoms with E-state index in [0.29, 0.717) is 0 Å². The Morgan fingerprint density at radius 2 is 1.94 bits per heavy atom. The van der Waals surface area contributed by atoms with E-state index in [4.69, 9.17) is 0 Å². The lowest BCUT2D eigenvalue weighted by molar-refractivity contribution is 0.710. The van der Waals surface area contributed by atoms with Gasteiger partial charge in [0.2, 0.25) is 0 Å². The summed E-state index contributed by atoms with van der Waals surface area (Å²) >= 11 is 1.70. The fraction of sp³-hybridized carbons (Fsp3) is 0.333. The van der Waals surface area contributed by atoms with Crippen molar-refractivity contribution in [2.24, 2.45) is 0 Å². The van der Waals surface area contributed by atoms with Crippen LogP contribution in [0.25, 0.3) is 16.6 Å². The van der Waals surface area contributed by atoms with Crippen molar-refractivity contribution in [2.45, 2.75) is 32.6 Å². The first kappa shape index (κ1) is 13.0. The highest BCUT2D eigenvalue weighted by Gasteiger charge is 2.06. The molecule has 0 atom stereocenters. The summed E-state index contributed by atoms with van der Waals surface area (Å²) in [5, 5.41) is 10.7. The number of unbranched alkanes of at least 4 members (excludes halogenated alkanes) is 2. The number of benzene rings is 1. The number of nitrogens with zero attached hydrogens (tertiary/aromatic N) is 2. The monoisotopic (exact) mass is 258 g/mol. The van der Waals surface area contributed by atoms with E-state index in [9.17, 15) is 0 Å². The molecule has 0 saturated carbocycles. The van der Waals surface area contributed by atoms with Crippen LogP contribution < -0.4 is 0 Å². The van der Waals surface area contributed by atoms with Crippen LogP contribution in [0, 0.1) is 0 Å². The molecule has 0 aliphatic rings. The molecule has 0 saturated heterocycles. The molecule has 0 bridgehead atoms. The highest BCUT2D eigenvalue weighted by atomic mass is 32.1. The lowest BCUT2D eigenvalue weighted by atomic mass is 10.1. The Labute approximate surface area is 112 Å². The molecule has 1 aromatic carbocycles. The van der Waals surface area contributed by atoms with Crippen molar-refractivity contribution < 1.29 is 0 Å². The number of hydrogen-bond donors (Lipinski definition) is 0. The van der Waals surface area contributed by atoms with Gasteiger partial charge in [0.05, 0.1) is 0 Å². The molecule has 2 aromatic rings. The van der Waals surface area contributed by atoms with Crippen molar-refractivity contribution in [3.05, 3.63) is 41.4 Å². The molecule has 1 heterocycles. The molecule has 0 aliphatic carbocycles. The Morgan fingerprint density at radius 3 is 2.61 bits per heavy atom. The Hall–Kier alpha value is -1.48. The summed E-state index contributed by atoms with van der Waals surface area (Å²) in [6, 6.07) is 8.27. The highest BCUT2D eigenvalue weighted by Crippen LogP contribution is 2.24. The molecule has 3 heteroatoms. The van der Waals surface area contributed by atoms with E-state index in [0.717, 1.165) is 27.6 Å². The van der Waals surface area contributed by atoms with Crippen molar-refractivity contribution in [3.63, 3.8) is 0 Å². The van der Waals surface area contributed by atoms with Crippen molar-refractivity contribution in [1.82, 2.24) is 10.2 Å². The van der Waals surface area contributed by atoms with E-state index >= 15 is 0 Å². The Kier molecular flexibility index (Phi) is 4.65. The van der Waals surface area contributed by atoms with Gasteiger partial charge in [0.25, 0.3) is 0 Å². The molecule has 0 amide bonds. The van der Waals surface area contributed by atoms with Crippen molar-refractivity contribution in [3.8, 4) is 10.6 Å². The van der Waals surface area contributed by atoms with Crippen LogP contribution in [0.15, 0.2) is 30.8 Å². The molecule has 2 nitrogen and oxygen atoms in total. The fourth-order valence-electron chi connectivity index (χ4n) is 1.76. The number of aromatic nitrogens is 2. The van der Waals surface area contributed by atoms with Crippen LogP contribution in [0.1, 0.15) is 36.8 Å². The van der Waals surface area contributed by atoms with Gasteiger partial charge in [-0.1, -0.05) is 68.0 Å². The minimum atomic E-state index is 1.01. The number of aryl methyl sites for hydroxylation is 1. The van der Waals surface area contributed by atoms with E-state index in [1.165, 1.54) is 19.3 Å². The quantitative estimate of drug-likeness (QED) is 0.709. The van der Waals surface area contributed by atoms with Crippen LogP contribution in [-0.2, 0) is 6.42 Å². The first-order valence-electron chi connectivity index (χ1n) is 6.38. The van der Waals surface area contributed by atoms with Gasteiger partial charge in [-0.3, -0.25) is 0 Å². The smallest absolute Gasteiger partial charge is 0.143 e. The molecule has 0 radical (unpaired) electrons. The standard InChI is InChI=1S/C15H18N2S/c1-3-5-6-7-14-16-17-15(18-14)13-10-8-12(4-2)9-11-13/h4,8-11H,2-3,5-7H2,1H3. The molecule has 0 N–H and O–H groups in total. The van der Waals surface area contributed by atoms with Crippen LogP contribution in [0.2, 0.25) is 0 Å². The fourth-order valence-corrected chi connectivity index (χ4v) is 2.65. The van der Waals surface area contributed by atoms with Crippen molar-refractivity contribution in [1.29, 1.82) is 0 Å². The van der Waals surface area contributed by atoms with Gasteiger partial charge in [0.1, 0.15) is 10.0 Å². The summed E-state index contributed by atoms with van der Waals surface area (Å²) in [6.07, 6.45) is 6.62. The molecule has 94 valence electrons. The average molecular weight is 258 g/mol. The molecule has 18 heavy (non-hydrogen) atoms. The molecular weight excluding hydrogens is 240 g/mol. The van der Waals surface area contributed by atoms with Crippen LogP contribution in [-0.4, -0.2) is 10.2 Å². The summed E-state index contributed by atoms with van der Waals surface area (Å²) in [6.45, 7) is 5.97. The second-order valence-electron chi connectivity index (χ2n) is 4.28. The third kappa shape index (κ3) is 3.26. The maximum absolute atomic E-state index is 4.26. The van der Waals surface area contributed by atoms with Crippen molar-refractivity contribution >= 4 is 17.4 Å². The number of hydrogen-bond acceptors (Lipinski definition) is 3. The topological polar surface area (TPSA) is 25.8 Å². The first-order chi connectivity index (χ1) is 8.83. The van der Waals surface area contributed by atoms with Gasteiger partial charge in [-0.15, -0.1) is 10.2 Å². The molecule has 2 rings (SSSR count). The zero-order valence-electron chi connectivity index (χ0n) is 10.7. The van der Waals surface area contributed by atoms with Crippen molar-refractivity contribution in [2.75, 3.05) is 0 Å². The zero-order valence-corrected chi connectivity index (χ0v) is 11.5. The third-order valence-corrected chi connectivity index (χ3v) is 3.89. The third-order valence-electron chi connectivity index (χ3n) is 2.85. The maximum Gasteiger partial charge on any atom is 0.147 e. The molecule has 0 fully saturated rings. The van der Waals surface area contributed by atoms with Crippen LogP contribution in [0.5, 0.6) is 0 Å². The molecular formula is C15H18N2S. The van der Waals surface area contributed by atoms with E-state index in [1.807, 2.05) is 6.08 Å². The Bertz CT molecular complexity index is 499. The van der Waals surface area contributed by atoms with E-state index in [2.05, 4.69) is 48.0 Å². The zero-order chi connectivity index (χ0) is 12.8. The van der Waals surface area contributed by atoms with Gasteiger partial charge in [-0.25, -0.2) is 0 Å². The predicted octanol–water partition coefficient (Wildman–Crippen LogP) is 4.58. The lowest BCUT2D eigenvalue weighted by Crippen LogP contribution is -1.83. The Morgan fingerprint density at radius 1 is 1.17 bits per heavy atom. The largest absolute Gasteiger partial charge is 0.147 e. The van der Waals surface area contributed by atoms with Gasteiger partial charge < -0.3 is 0 Å².